The van der Waals surface area contributed by atoms with Crippen molar-refractivity contribution in [3.05, 3.63) is 57.0 Å². The summed E-state index contributed by atoms with van der Waals surface area (Å²) in [6.07, 6.45) is 0. The van der Waals surface area contributed by atoms with Crippen LogP contribution in [0.5, 0.6) is 0 Å². The minimum absolute atomic E-state index is 0.512. The SMILES string of the molecule is Cc1ccc(NC(=S)Nc2ccc(Br)cc2Cl)cc1C. The molecule has 2 rings (SSSR count). The van der Waals surface area contributed by atoms with E-state index in [4.69, 9.17) is 23.8 Å². The minimum Gasteiger partial charge on any atom is -0.332 e. The van der Waals surface area contributed by atoms with Gasteiger partial charge in [-0.2, -0.15) is 0 Å². The maximum atomic E-state index is 6.14. The van der Waals surface area contributed by atoms with E-state index in [0.717, 1.165) is 15.8 Å². The Balaban J connectivity index is 2.07. The molecule has 0 aliphatic rings. The van der Waals surface area contributed by atoms with E-state index in [9.17, 15) is 0 Å². The van der Waals surface area contributed by atoms with E-state index in [1.807, 2.05) is 24.3 Å². The summed E-state index contributed by atoms with van der Waals surface area (Å²) in [6, 6.07) is 11.7. The number of nitrogens with one attached hydrogen (secondary N) is 2. The van der Waals surface area contributed by atoms with Gasteiger partial charge in [0.05, 0.1) is 10.7 Å². The highest BCUT2D eigenvalue weighted by Gasteiger charge is 2.04. The van der Waals surface area contributed by atoms with Crippen molar-refractivity contribution < 1.29 is 0 Å². The first kappa shape index (κ1) is 15.3. The quantitative estimate of drug-likeness (QED) is 0.681. The van der Waals surface area contributed by atoms with Gasteiger partial charge < -0.3 is 10.6 Å². The molecule has 0 heterocycles. The number of aryl methyl sites for hydroxylation is 2. The zero-order chi connectivity index (χ0) is 14.7. The maximum absolute atomic E-state index is 6.14. The Morgan fingerprint density at radius 1 is 1.05 bits per heavy atom. The van der Waals surface area contributed by atoms with E-state index < -0.39 is 0 Å². The lowest BCUT2D eigenvalue weighted by molar-refractivity contribution is 1.34. The molecule has 0 amide bonds. The summed E-state index contributed by atoms with van der Waals surface area (Å²) in [6.45, 7) is 4.15. The van der Waals surface area contributed by atoms with Crippen molar-refractivity contribution in [1.29, 1.82) is 0 Å². The van der Waals surface area contributed by atoms with Crippen molar-refractivity contribution in [3.63, 3.8) is 0 Å². The second kappa shape index (κ2) is 6.57. The van der Waals surface area contributed by atoms with E-state index in [0.29, 0.717) is 10.1 Å². The van der Waals surface area contributed by atoms with Crippen LogP contribution in [0.15, 0.2) is 40.9 Å². The van der Waals surface area contributed by atoms with Gasteiger partial charge in [0.15, 0.2) is 5.11 Å². The van der Waals surface area contributed by atoms with Crippen molar-refractivity contribution in [1.82, 2.24) is 0 Å². The fraction of sp³-hybridized carbons (Fsp3) is 0.133. The molecule has 0 saturated heterocycles. The summed E-state index contributed by atoms with van der Waals surface area (Å²) < 4.78 is 0.932. The van der Waals surface area contributed by atoms with Gasteiger partial charge in [-0.05, 0) is 67.5 Å². The second-order valence-corrected chi connectivity index (χ2v) is 6.23. The number of halogens is 2. The Bertz CT molecular complexity index is 658. The lowest BCUT2D eigenvalue weighted by Gasteiger charge is -2.13. The van der Waals surface area contributed by atoms with Crippen molar-refractivity contribution >= 4 is 56.2 Å². The molecule has 0 aliphatic heterocycles. The van der Waals surface area contributed by atoms with Crippen LogP contribution in [0.25, 0.3) is 0 Å². The predicted octanol–water partition coefficient (Wildman–Crippen LogP) is 5.53. The molecule has 2 nitrogen and oxygen atoms in total. The second-order valence-electron chi connectivity index (χ2n) is 4.50. The summed E-state index contributed by atoms with van der Waals surface area (Å²) in [5, 5.41) is 7.36. The normalized spacial score (nSPS) is 10.2. The summed E-state index contributed by atoms with van der Waals surface area (Å²) in [5.74, 6) is 0. The third-order valence-corrected chi connectivity index (χ3v) is 3.95. The molecule has 2 aromatic rings. The van der Waals surface area contributed by atoms with Crippen LogP contribution in [-0.4, -0.2) is 5.11 Å². The van der Waals surface area contributed by atoms with Crippen LogP contribution in [0.1, 0.15) is 11.1 Å². The van der Waals surface area contributed by atoms with E-state index in [2.05, 4.69) is 52.5 Å². The van der Waals surface area contributed by atoms with Crippen LogP contribution >= 0.6 is 39.7 Å². The first-order chi connectivity index (χ1) is 9.45. The zero-order valence-corrected chi connectivity index (χ0v) is 14.3. The molecule has 0 unspecified atom stereocenters. The van der Waals surface area contributed by atoms with E-state index in [-0.39, 0.29) is 0 Å². The Hall–Kier alpha value is -1.10. The Labute approximate surface area is 137 Å². The van der Waals surface area contributed by atoms with E-state index in [1.54, 1.807) is 0 Å². The molecule has 5 heteroatoms. The van der Waals surface area contributed by atoms with Crippen molar-refractivity contribution in [3.8, 4) is 0 Å². The maximum Gasteiger partial charge on any atom is 0.175 e. The summed E-state index contributed by atoms with van der Waals surface area (Å²) in [4.78, 5) is 0. The number of thiocarbonyl (C=S) groups is 1. The van der Waals surface area contributed by atoms with E-state index in [1.165, 1.54) is 11.1 Å². The van der Waals surface area contributed by atoms with E-state index >= 15 is 0 Å². The third-order valence-electron chi connectivity index (χ3n) is 2.94. The van der Waals surface area contributed by atoms with Gasteiger partial charge in [-0.15, -0.1) is 0 Å². The third kappa shape index (κ3) is 3.95. The predicted molar refractivity (Wildman–Crippen MR) is 94.9 cm³/mol. The van der Waals surface area contributed by atoms with Crippen LogP contribution in [0.4, 0.5) is 11.4 Å². The molecule has 2 aromatic carbocycles. The highest BCUT2D eigenvalue weighted by atomic mass is 79.9. The van der Waals surface area contributed by atoms with Gasteiger partial charge in [-0.25, -0.2) is 0 Å². The smallest absolute Gasteiger partial charge is 0.175 e. The Morgan fingerprint density at radius 3 is 2.45 bits per heavy atom. The van der Waals surface area contributed by atoms with Crippen molar-refractivity contribution in [2.45, 2.75) is 13.8 Å². The van der Waals surface area contributed by atoms with Crippen LogP contribution in [0.3, 0.4) is 0 Å². The van der Waals surface area contributed by atoms with Crippen LogP contribution in [0.2, 0.25) is 5.02 Å². The summed E-state index contributed by atoms with van der Waals surface area (Å²) in [5.41, 5.74) is 4.21. The van der Waals surface area contributed by atoms with Crippen LogP contribution in [0, 0.1) is 13.8 Å². The fourth-order valence-corrected chi connectivity index (χ4v) is 2.64. The lowest BCUT2D eigenvalue weighted by atomic mass is 10.1. The number of anilines is 2. The minimum atomic E-state index is 0.512. The average Bonchev–Trinajstić information content (AvgIpc) is 2.37. The summed E-state index contributed by atoms with van der Waals surface area (Å²) >= 11 is 14.8. The molecule has 0 aliphatic carbocycles. The fourth-order valence-electron chi connectivity index (χ4n) is 1.69. The zero-order valence-electron chi connectivity index (χ0n) is 11.1. The van der Waals surface area contributed by atoms with Crippen molar-refractivity contribution in [2.75, 3.05) is 10.6 Å². The molecule has 0 saturated carbocycles. The first-order valence-corrected chi connectivity index (χ1v) is 7.64. The van der Waals surface area contributed by atoms with Gasteiger partial charge in [0.2, 0.25) is 0 Å². The molecule has 0 radical (unpaired) electrons. The molecule has 2 N–H and O–H groups in total. The number of rotatable bonds is 2. The largest absolute Gasteiger partial charge is 0.332 e. The molecule has 104 valence electrons. The van der Waals surface area contributed by atoms with Crippen molar-refractivity contribution in [2.24, 2.45) is 0 Å². The summed E-state index contributed by atoms with van der Waals surface area (Å²) in [7, 11) is 0. The van der Waals surface area contributed by atoms with Gasteiger partial charge >= 0.3 is 0 Å². The molecule has 0 atom stereocenters. The number of hydrogen-bond donors (Lipinski definition) is 2. The van der Waals surface area contributed by atoms with Gasteiger partial charge in [0, 0.05) is 10.2 Å². The van der Waals surface area contributed by atoms with Gasteiger partial charge in [-0.3, -0.25) is 0 Å². The molecule has 0 aromatic heterocycles. The molecular formula is C15H14BrClN2S. The first-order valence-electron chi connectivity index (χ1n) is 6.06. The topological polar surface area (TPSA) is 24.1 Å². The standard InChI is InChI=1S/C15H14BrClN2S/c1-9-3-5-12(7-10(9)2)18-15(20)19-14-6-4-11(16)8-13(14)17/h3-8H,1-2H3,(H2,18,19,20). The molecule has 20 heavy (non-hydrogen) atoms. The molecular weight excluding hydrogens is 356 g/mol. The monoisotopic (exact) mass is 368 g/mol. The Kier molecular flexibility index (Phi) is 5.02. The molecule has 0 bridgehead atoms. The Morgan fingerprint density at radius 2 is 1.80 bits per heavy atom. The molecule has 0 spiro atoms. The number of hydrogen-bond acceptors (Lipinski definition) is 1. The highest BCUT2D eigenvalue weighted by Crippen LogP contribution is 2.25. The molecule has 0 fully saturated rings. The average molecular weight is 370 g/mol. The van der Waals surface area contributed by atoms with Gasteiger partial charge in [0.25, 0.3) is 0 Å². The van der Waals surface area contributed by atoms with Crippen LogP contribution in [-0.2, 0) is 0 Å². The van der Waals surface area contributed by atoms with Gasteiger partial charge in [-0.1, -0.05) is 33.6 Å². The van der Waals surface area contributed by atoms with Gasteiger partial charge in [0.1, 0.15) is 0 Å². The van der Waals surface area contributed by atoms with Crippen LogP contribution < -0.4 is 10.6 Å². The number of benzene rings is 2. The highest BCUT2D eigenvalue weighted by molar-refractivity contribution is 9.10. The lowest BCUT2D eigenvalue weighted by Crippen LogP contribution is -2.19.